The molecule has 0 spiro atoms. The van der Waals surface area contributed by atoms with Crippen LogP contribution in [0, 0.1) is 0 Å². The molecule has 2 heterocycles. The lowest BCUT2D eigenvalue weighted by atomic mass is 9.97. The third-order valence-electron chi connectivity index (χ3n) is 4.51. The Morgan fingerprint density at radius 3 is 2.43 bits per heavy atom. The van der Waals surface area contributed by atoms with E-state index >= 15 is 0 Å². The molecule has 120 valence electrons. The Hall–Kier alpha value is -0.870. The smallest absolute Gasteiger partial charge is 0.0694 e. The molecule has 2 rings (SSSR count). The summed E-state index contributed by atoms with van der Waals surface area (Å²) in [5, 5.41) is 8.33. The number of piperidine rings is 1. The first kappa shape index (κ1) is 16.5. The van der Waals surface area contributed by atoms with Gasteiger partial charge in [-0.3, -0.25) is 9.58 Å². The predicted molar refractivity (Wildman–Crippen MR) is 88.5 cm³/mol. The van der Waals surface area contributed by atoms with E-state index in [1.807, 2.05) is 11.7 Å². The molecule has 21 heavy (non-hydrogen) atoms. The van der Waals surface area contributed by atoms with Crippen LogP contribution in [-0.2, 0) is 13.6 Å². The van der Waals surface area contributed by atoms with Gasteiger partial charge in [0.25, 0.3) is 0 Å². The molecule has 0 radical (unpaired) electrons. The van der Waals surface area contributed by atoms with Crippen LogP contribution in [0.5, 0.6) is 0 Å². The quantitative estimate of drug-likeness (QED) is 0.926. The Bertz CT molecular complexity index is 448. The molecule has 0 aromatic carbocycles. The molecule has 0 aliphatic carbocycles. The lowest BCUT2D eigenvalue weighted by Gasteiger charge is -2.41. The zero-order valence-corrected chi connectivity index (χ0v) is 14.6. The van der Waals surface area contributed by atoms with Crippen LogP contribution in [0.1, 0.15) is 64.6 Å². The largest absolute Gasteiger partial charge is 0.310 e. The van der Waals surface area contributed by atoms with Gasteiger partial charge in [0.05, 0.1) is 5.69 Å². The van der Waals surface area contributed by atoms with Crippen molar-refractivity contribution in [3.05, 3.63) is 17.5 Å². The van der Waals surface area contributed by atoms with Crippen molar-refractivity contribution in [1.29, 1.82) is 0 Å². The summed E-state index contributed by atoms with van der Waals surface area (Å²) in [7, 11) is 2.01. The number of aryl methyl sites for hydroxylation is 1. The topological polar surface area (TPSA) is 33.1 Å². The van der Waals surface area contributed by atoms with Crippen LogP contribution in [0.3, 0.4) is 0 Å². The lowest BCUT2D eigenvalue weighted by Crippen LogP contribution is -2.49. The van der Waals surface area contributed by atoms with E-state index < -0.39 is 0 Å². The molecule has 0 bridgehead atoms. The fourth-order valence-electron chi connectivity index (χ4n) is 3.19. The van der Waals surface area contributed by atoms with Crippen molar-refractivity contribution < 1.29 is 0 Å². The van der Waals surface area contributed by atoms with E-state index in [-0.39, 0.29) is 0 Å². The molecule has 1 aromatic rings. The summed E-state index contributed by atoms with van der Waals surface area (Å²) in [6.07, 6.45) is 4.65. The number of nitrogens with one attached hydrogen (secondary N) is 1. The normalized spacial score (nSPS) is 18.6. The fourth-order valence-corrected chi connectivity index (χ4v) is 3.19. The minimum absolute atomic E-state index is 0.305. The Morgan fingerprint density at radius 2 is 1.90 bits per heavy atom. The molecule has 1 fully saturated rings. The number of hydrogen-bond acceptors (Lipinski definition) is 3. The van der Waals surface area contributed by atoms with Crippen molar-refractivity contribution in [2.75, 3.05) is 13.1 Å². The maximum atomic E-state index is 4.59. The van der Waals surface area contributed by atoms with Crippen molar-refractivity contribution in [3.8, 4) is 0 Å². The van der Waals surface area contributed by atoms with Crippen LogP contribution in [0.15, 0.2) is 6.20 Å². The van der Waals surface area contributed by atoms with E-state index in [1.165, 1.54) is 37.2 Å². The van der Waals surface area contributed by atoms with E-state index in [2.05, 4.69) is 56.1 Å². The van der Waals surface area contributed by atoms with Gasteiger partial charge in [-0.2, -0.15) is 5.10 Å². The Labute approximate surface area is 129 Å². The second-order valence-corrected chi connectivity index (χ2v) is 7.68. The van der Waals surface area contributed by atoms with E-state index in [9.17, 15) is 0 Å². The number of rotatable bonds is 4. The minimum atomic E-state index is 0.305. The van der Waals surface area contributed by atoms with Gasteiger partial charge >= 0.3 is 0 Å². The molecule has 0 unspecified atom stereocenters. The molecule has 0 amide bonds. The second-order valence-electron chi connectivity index (χ2n) is 7.68. The van der Waals surface area contributed by atoms with Crippen molar-refractivity contribution in [3.63, 3.8) is 0 Å². The van der Waals surface area contributed by atoms with Crippen LogP contribution in [0.25, 0.3) is 0 Å². The average molecular weight is 292 g/mol. The van der Waals surface area contributed by atoms with Crippen molar-refractivity contribution >= 4 is 0 Å². The highest BCUT2D eigenvalue weighted by Crippen LogP contribution is 2.21. The summed E-state index contributed by atoms with van der Waals surface area (Å²) < 4.78 is 1.94. The van der Waals surface area contributed by atoms with Crippen LogP contribution in [0.4, 0.5) is 0 Å². The van der Waals surface area contributed by atoms with Gasteiger partial charge in [0.2, 0.25) is 0 Å². The number of likely N-dealkylation sites (tertiary alicyclic amines) is 1. The number of aromatic nitrogens is 2. The molecular weight excluding hydrogens is 260 g/mol. The van der Waals surface area contributed by atoms with Gasteiger partial charge < -0.3 is 5.32 Å². The van der Waals surface area contributed by atoms with Gasteiger partial charge in [0.1, 0.15) is 0 Å². The van der Waals surface area contributed by atoms with E-state index in [4.69, 9.17) is 0 Å². The minimum Gasteiger partial charge on any atom is -0.310 e. The van der Waals surface area contributed by atoms with E-state index in [0.29, 0.717) is 17.5 Å². The van der Waals surface area contributed by atoms with Crippen molar-refractivity contribution in [2.24, 2.45) is 7.05 Å². The molecule has 1 aliphatic heterocycles. The van der Waals surface area contributed by atoms with Crippen molar-refractivity contribution in [1.82, 2.24) is 20.0 Å². The second kappa shape index (κ2) is 6.49. The summed E-state index contributed by atoms with van der Waals surface area (Å²) in [6.45, 7) is 14.7. The SMILES string of the molecule is CC(C)c1nn(C)cc1CNC1CCN(C(C)(C)C)CC1. The third kappa shape index (κ3) is 4.30. The van der Waals surface area contributed by atoms with Gasteiger partial charge in [-0.25, -0.2) is 0 Å². The standard InChI is InChI=1S/C17H32N4/c1-13(2)16-14(12-20(6)19-16)11-18-15-7-9-21(10-8-15)17(3,4)5/h12-13,15,18H,7-11H2,1-6H3. The molecule has 1 saturated heterocycles. The van der Waals surface area contributed by atoms with Gasteiger partial charge in [-0.05, 0) is 39.5 Å². The molecule has 0 saturated carbocycles. The highest BCUT2D eigenvalue weighted by molar-refractivity contribution is 5.20. The molecule has 4 heteroatoms. The van der Waals surface area contributed by atoms with Crippen LogP contribution in [0.2, 0.25) is 0 Å². The summed E-state index contributed by atoms with van der Waals surface area (Å²) in [6, 6.07) is 0.642. The molecule has 4 nitrogen and oxygen atoms in total. The summed E-state index contributed by atoms with van der Waals surface area (Å²) in [4.78, 5) is 2.59. The van der Waals surface area contributed by atoms with Crippen LogP contribution in [-0.4, -0.2) is 39.4 Å². The molecule has 1 aromatic heterocycles. The van der Waals surface area contributed by atoms with Gasteiger partial charge in [-0.1, -0.05) is 13.8 Å². The first-order chi connectivity index (χ1) is 9.77. The Balaban J connectivity index is 1.85. The van der Waals surface area contributed by atoms with E-state index in [0.717, 1.165) is 6.54 Å². The first-order valence-corrected chi connectivity index (χ1v) is 8.28. The first-order valence-electron chi connectivity index (χ1n) is 8.28. The predicted octanol–water partition coefficient (Wildman–Crippen LogP) is 2.90. The average Bonchev–Trinajstić information content (AvgIpc) is 2.77. The van der Waals surface area contributed by atoms with Crippen LogP contribution >= 0.6 is 0 Å². The summed E-state index contributed by atoms with van der Waals surface area (Å²) >= 11 is 0. The lowest BCUT2D eigenvalue weighted by molar-refractivity contribution is 0.0960. The van der Waals surface area contributed by atoms with Crippen LogP contribution < -0.4 is 5.32 Å². The van der Waals surface area contributed by atoms with Gasteiger partial charge in [0, 0.05) is 50.0 Å². The highest BCUT2D eigenvalue weighted by Gasteiger charge is 2.26. The molecule has 1 N–H and O–H groups in total. The van der Waals surface area contributed by atoms with Gasteiger partial charge in [0.15, 0.2) is 0 Å². The summed E-state index contributed by atoms with van der Waals surface area (Å²) in [5.74, 6) is 0.491. The molecular formula is C17H32N4. The van der Waals surface area contributed by atoms with Gasteiger partial charge in [-0.15, -0.1) is 0 Å². The monoisotopic (exact) mass is 292 g/mol. The Kier molecular flexibility index (Phi) is 5.10. The zero-order chi connectivity index (χ0) is 15.6. The zero-order valence-electron chi connectivity index (χ0n) is 14.6. The molecule has 1 aliphatic rings. The number of nitrogens with zero attached hydrogens (tertiary/aromatic N) is 3. The van der Waals surface area contributed by atoms with E-state index in [1.54, 1.807) is 0 Å². The fraction of sp³-hybridized carbons (Fsp3) is 0.824. The maximum absolute atomic E-state index is 4.59. The third-order valence-corrected chi connectivity index (χ3v) is 4.51. The summed E-state index contributed by atoms with van der Waals surface area (Å²) in [5.41, 5.74) is 2.89. The number of hydrogen-bond donors (Lipinski definition) is 1. The van der Waals surface area contributed by atoms with Crippen molar-refractivity contribution in [2.45, 2.75) is 71.5 Å². The molecule has 0 atom stereocenters. The highest BCUT2D eigenvalue weighted by atomic mass is 15.3. The maximum Gasteiger partial charge on any atom is 0.0694 e. The Morgan fingerprint density at radius 1 is 1.29 bits per heavy atom.